The van der Waals surface area contributed by atoms with Crippen LogP contribution in [-0.2, 0) is 20.9 Å². The molecule has 2 saturated heterocycles. The van der Waals surface area contributed by atoms with Crippen molar-refractivity contribution in [2.24, 2.45) is 0 Å². The Kier molecular flexibility index (Phi) is 6.73. The number of rotatable bonds is 6. The van der Waals surface area contributed by atoms with Gasteiger partial charge in [0.1, 0.15) is 18.2 Å². The minimum atomic E-state index is -0.415. The standard InChI is InChI=1S/C23H25BrN4O3/c24-18-5-6-21-20(11-18)17(14-28(21)15-22(29)27-7-1-2-8-27)10-16(12-25)23(30)26-13-19-4-3-9-31-19/h5-6,10-11,14,19H,1-4,7-9,13,15H2,(H,26,30)/b16-10+/t19-/m1/s1. The first-order chi connectivity index (χ1) is 15.0. The molecule has 0 radical (unpaired) electrons. The first kappa shape index (κ1) is 21.6. The van der Waals surface area contributed by atoms with Gasteiger partial charge in [0, 0.05) is 53.4 Å². The lowest BCUT2D eigenvalue weighted by Crippen LogP contribution is -2.32. The first-order valence-electron chi connectivity index (χ1n) is 10.6. The summed E-state index contributed by atoms with van der Waals surface area (Å²) in [6.45, 7) is 2.96. The Hall–Kier alpha value is -2.63. The van der Waals surface area contributed by atoms with Gasteiger partial charge in [-0.15, -0.1) is 0 Å². The number of carbonyl (C=O) groups excluding carboxylic acids is 2. The Morgan fingerprint density at radius 3 is 2.81 bits per heavy atom. The van der Waals surface area contributed by atoms with E-state index in [2.05, 4.69) is 21.2 Å². The quantitative estimate of drug-likeness (QED) is 0.503. The van der Waals surface area contributed by atoms with E-state index in [1.807, 2.05) is 39.9 Å². The molecular formula is C23H25BrN4O3. The second kappa shape index (κ2) is 9.67. The van der Waals surface area contributed by atoms with Gasteiger partial charge in [-0.1, -0.05) is 15.9 Å². The van der Waals surface area contributed by atoms with E-state index in [0.29, 0.717) is 13.2 Å². The summed E-state index contributed by atoms with van der Waals surface area (Å²) in [6, 6.07) is 7.82. The molecule has 1 aromatic carbocycles. The number of halogens is 1. The summed E-state index contributed by atoms with van der Waals surface area (Å²) in [6.07, 6.45) is 7.45. The Balaban J connectivity index is 1.59. The molecule has 2 aliphatic heterocycles. The van der Waals surface area contributed by atoms with Gasteiger partial charge < -0.3 is 19.5 Å². The minimum absolute atomic E-state index is 0.0124. The molecule has 2 amide bonds. The van der Waals surface area contributed by atoms with Crippen molar-refractivity contribution in [3.05, 3.63) is 40.0 Å². The maximum Gasteiger partial charge on any atom is 0.262 e. The molecule has 1 aromatic heterocycles. The fourth-order valence-electron chi connectivity index (χ4n) is 4.17. The molecule has 0 saturated carbocycles. The van der Waals surface area contributed by atoms with Gasteiger partial charge in [0.05, 0.1) is 6.10 Å². The summed E-state index contributed by atoms with van der Waals surface area (Å²) in [5, 5.41) is 13.3. The van der Waals surface area contributed by atoms with Gasteiger partial charge in [-0.2, -0.15) is 5.26 Å². The molecule has 162 valence electrons. The zero-order valence-electron chi connectivity index (χ0n) is 17.3. The number of nitrogens with one attached hydrogen (secondary N) is 1. The maximum absolute atomic E-state index is 12.7. The number of likely N-dealkylation sites (tertiary alicyclic amines) is 1. The lowest BCUT2D eigenvalue weighted by Gasteiger charge is -2.16. The summed E-state index contributed by atoms with van der Waals surface area (Å²) in [4.78, 5) is 27.1. The van der Waals surface area contributed by atoms with E-state index >= 15 is 0 Å². The fraction of sp³-hybridized carbons (Fsp3) is 0.435. The molecule has 0 aliphatic carbocycles. The van der Waals surface area contributed by atoms with Crippen LogP contribution in [-0.4, -0.2) is 53.6 Å². The number of amides is 2. The summed E-state index contributed by atoms with van der Waals surface area (Å²) in [5.41, 5.74) is 1.65. The predicted molar refractivity (Wildman–Crippen MR) is 121 cm³/mol. The zero-order chi connectivity index (χ0) is 21.8. The third-order valence-electron chi connectivity index (χ3n) is 5.82. The average Bonchev–Trinajstić information content (AvgIpc) is 3.52. The Morgan fingerprint density at radius 1 is 1.29 bits per heavy atom. The molecule has 4 rings (SSSR count). The van der Waals surface area contributed by atoms with E-state index in [1.165, 1.54) is 0 Å². The van der Waals surface area contributed by atoms with Crippen LogP contribution in [0, 0.1) is 11.3 Å². The van der Waals surface area contributed by atoms with Crippen LogP contribution in [0.15, 0.2) is 34.4 Å². The van der Waals surface area contributed by atoms with Crippen LogP contribution in [0.2, 0.25) is 0 Å². The molecule has 1 atom stereocenters. The molecule has 0 bridgehead atoms. The molecule has 2 aromatic rings. The summed E-state index contributed by atoms with van der Waals surface area (Å²) in [5.74, 6) is -0.329. The van der Waals surface area contributed by atoms with Gasteiger partial charge in [-0.3, -0.25) is 9.59 Å². The van der Waals surface area contributed by atoms with Crippen molar-refractivity contribution < 1.29 is 14.3 Å². The highest BCUT2D eigenvalue weighted by Gasteiger charge is 2.21. The number of aromatic nitrogens is 1. The van der Waals surface area contributed by atoms with Crippen molar-refractivity contribution in [1.82, 2.24) is 14.8 Å². The summed E-state index contributed by atoms with van der Waals surface area (Å²) >= 11 is 3.49. The van der Waals surface area contributed by atoms with Crippen LogP contribution in [0.4, 0.5) is 0 Å². The molecule has 31 heavy (non-hydrogen) atoms. The molecule has 3 heterocycles. The number of hydrogen-bond acceptors (Lipinski definition) is 4. The summed E-state index contributed by atoms with van der Waals surface area (Å²) < 4.78 is 8.31. The van der Waals surface area contributed by atoms with Crippen LogP contribution in [0.3, 0.4) is 0 Å². The van der Waals surface area contributed by atoms with Crippen LogP contribution in [0.1, 0.15) is 31.2 Å². The SMILES string of the molecule is N#C/C(=C\c1cn(CC(=O)N2CCCC2)c2ccc(Br)cc12)C(=O)NC[C@H]1CCCO1. The van der Waals surface area contributed by atoms with Gasteiger partial charge >= 0.3 is 0 Å². The van der Waals surface area contributed by atoms with E-state index in [0.717, 1.165) is 59.7 Å². The van der Waals surface area contributed by atoms with Gasteiger partial charge in [-0.25, -0.2) is 0 Å². The molecular weight excluding hydrogens is 460 g/mol. The van der Waals surface area contributed by atoms with Crippen molar-refractivity contribution in [2.45, 2.75) is 38.3 Å². The van der Waals surface area contributed by atoms with E-state index in [4.69, 9.17) is 4.74 Å². The molecule has 2 aliphatic rings. The van der Waals surface area contributed by atoms with Crippen molar-refractivity contribution in [1.29, 1.82) is 5.26 Å². The van der Waals surface area contributed by atoms with E-state index < -0.39 is 5.91 Å². The van der Waals surface area contributed by atoms with E-state index in [9.17, 15) is 14.9 Å². The van der Waals surface area contributed by atoms with Crippen LogP contribution >= 0.6 is 15.9 Å². The predicted octanol–water partition coefficient (Wildman–Crippen LogP) is 3.23. The lowest BCUT2D eigenvalue weighted by atomic mass is 10.1. The number of fused-ring (bicyclic) bond motifs is 1. The van der Waals surface area contributed by atoms with Crippen LogP contribution in [0.5, 0.6) is 0 Å². The van der Waals surface area contributed by atoms with Crippen molar-refractivity contribution in [2.75, 3.05) is 26.2 Å². The number of hydrogen-bond donors (Lipinski definition) is 1. The highest BCUT2D eigenvalue weighted by atomic mass is 79.9. The topological polar surface area (TPSA) is 87.4 Å². The Labute approximate surface area is 189 Å². The third kappa shape index (κ3) is 5.00. The number of carbonyl (C=O) groups is 2. The van der Waals surface area contributed by atoms with Crippen LogP contribution in [0.25, 0.3) is 17.0 Å². The molecule has 7 nitrogen and oxygen atoms in total. The van der Waals surface area contributed by atoms with E-state index in [1.54, 1.807) is 6.08 Å². The van der Waals surface area contributed by atoms with Gasteiger partial charge in [0.25, 0.3) is 5.91 Å². The summed E-state index contributed by atoms with van der Waals surface area (Å²) in [7, 11) is 0. The van der Waals surface area contributed by atoms with Gasteiger partial charge in [0.2, 0.25) is 5.91 Å². The highest BCUT2D eigenvalue weighted by molar-refractivity contribution is 9.10. The molecule has 0 unspecified atom stereocenters. The molecule has 0 spiro atoms. The lowest BCUT2D eigenvalue weighted by molar-refractivity contribution is -0.130. The van der Waals surface area contributed by atoms with Crippen molar-refractivity contribution in [3.8, 4) is 6.07 Å². The molecule has 2 fully saturated rings. The Bertz CT molecular complexity index is 1060. The maximum atomic E-state index is 12.7. The number of ether oxygens (including phenoxy) is 1. The Morgan fingerprint density at radius 2 is 2.10 bits per heavy atom. The number of nitriles is 1. The second-order valence-electron chi connectivity index (χ2n) is 7.98. The van der Waals surface area contributed by atoms with Gasteiger partial charge in [0.15, 0.2) is 0 Å². The smallest absolute Gasteiger partial charge is 0.262 e. The van der Waals surface area contributed by atoms with Crippen molar-refractivity contribution >= 4 is 44.7 Å². The largest absolute Gasteiger partial charge is 0.376 e. The monoisotopic (exact) mass is 484 g/mol. The van der Waals surface area contributed by atoms with Gasteiger partial charge in [-0.05, 0) is 50.0 Å². The first-order valence-corrected chi connectivity index (χ1v) is 11.4. The van der Waals surface area contributed by atoms with E-state index in [-0.39, 0.29) is 24.1 Å². The number of nitrogens with zero attached hydrogens (tertiary/aromatic N) is 3. The number of benzene rings is 1. The van der Waals surface area contributed by atoms with Crippen LogP contribution < -0.4 is 5.32 Å². The molecule has 8 heteroatoms. The zero-order valence-corrected chi connectivity index (χ0v) is 18.9. The minimum Gasteiger partial charge on any atom is -0.376 e. The third-order valence-corrected chi connectivity index (χ3v) is 6.31. The molecule has 1 N–H and O–H groups in total. The second-order valence-corrected chi connectivity index (χ2v) is 8.89. The normalized spacial score (nSPS) is 19.0. The highest BCUT2D eigenvalue weighted by Crippen LogP contribution is 2.27. The van der Waals surface area contributed by atoms with Crippen molar-refractivity contribution in [3.63, 3.8) is 0 Å². The fourth-order valence-corrected chi connectivity index (χ4v) is 4.53. The average molecular weight is 485 g/mol.